The molecule has 7 heteroatoms. The fourth-order valence-electron chi connectivity index (χ4n) is 2.47. The zero-order valence-corrected chi connectivity index (χ0v) is 13.9. The Bertz CT molecular complexity index is 1040. The Kier molecular flexibility index (Phi) is 3.66. The minimum absolute atomic E-state index is 0.196. The Hall–Kier alpha value is -2.51. The average Bonchev–Trinajstić information content (AvgIpc) is 3.13. The van der Waals surface area contributed by atoms with E-state index in [2.05, 4.69) is 4.98 Å². The van der Waals surface area contributed by atoms with Gasteiger partial charge in [0.15, 0.2) is 5.75 Å². The number of rotatable bonds is 4. The first-order chi connectivity index (χ1) is 11.6. The summed E-state index contributed by atoms with van der Waals surface area (Å²) < 4.78 is 21.2. The van der Waals surface area contributed by atoms with Crippen molar-refractivity contribution in [2.24, 2.45) is 5.73 Å². The van der Waals surface area contributed by atoms with Crippen LogP contribution in [0.3, 0.4) is 0 Å². The molecule has 2 N–H and O–H groups in total. The lowest BCUT2D eigenvalue weighted by Crippen LogP contribution is -2.10. The molecule has 0 radical (unpaired) electrons. The van der Waals surface area contributed by atoms with Crippen molar-refractivity contribution >= 4 is 48.9 Å². The number of primary amides is 1. The third-order valence-corrected chi connectivity index (χ3v) is 5.68. The number of carbonyl (C=O) groups is 1. The van der Waals surface area contributed by atoms with Crippen LogP contribution in [0, 0.1) is 5.82 Å². The van der Waals surface area contributed by atoms with E-state index in [-0.39, 0.29) is 17.3 Å². The quantitative estimate of drug-likeness (QED) is 0.590. The van der Waals surface area contributed by atoms with Gasteiger partial charge in [-0.3, -0.25) is 4.79 Å². The largest absolute Gasteiger partial charge is 0.484 e. The van der Waals surface area contributed by atoms with Gasteiger partial charge in [-0.2, -0.15) is 0 Å². The van der Waals surface area contributed by atoms with Gasteiger partial charge in [-0.15, -0.1) is 22.7 Å². The monoisotopic (exact) mass is 358 g/mol. The van der Waals surface area contributed by atoms with Gasteiger partial charge < -0.3 is 10.5 Å². The van der Waals surface area contributed by atoms with E-state index in [1.165, 1.54) is 34.8 Å². The first kappa shape index (κ1) is 15.0. The molecule has 0 aliphatic rings. The van der Waals surface area contributed by atoms with Crippen LogP contribution in [-0.2, 0) is 6.61 Å². The Labute approximate surface area is 144 Å². The molecule has 2 aromatic carbocycles. The van der Waals surface area contributed by atoms with Gasteiger partial charge in [0.25, 0.3) is 5.91 Å². The third-order valence-electron chi connectivity index (χ3n) is 3.51. The van der Waals surface area contributed by atoms with Gasteiger partial charge in [0.2, 0.25) is 0 Å². The van der Waals surface area contributed by atoms with Crippen LogP contribution in [0.5, 0.6) is 5.75 Å². The van der Waals surface area contributed by atoms with Gasteiger partial charge in [0, 0.05) is 10.1 Å². The molecule has 0 aliphatic carbocycles. The molecule has 1 amide bonds. The van der Waals surface area contributed by atoms with E-state index in [0.717, 1.165) is 19.9 Å². The van der Waals surface area contributed by atoms with Crippen molar-refractivity contribution < 1.29 is 13.9 Å². The molecule has 0 atom stereocenters. The first-order valence-electron chi connectivity index (χ1n) is 7.11. The van der Waals surface area contributed by atoms with Crippen LogP contribution in [0.4, 0.5) is 4.39 Å². The molecule has 0 fully saturated rings. The second-order valence-electron chi connectivity index (χ2n) is 5.13. The van der Waals surface area contributed by atoms with Crippen LogP contribution in [0.2, 0.25) is 0 Å². The first-order valence-corrected chi connectivity index (χ1v) is 8.74. The number of carbonyl (C=O) groups excluding carboxylic acids is 1. The number of ether oxygens (including phenoxy) is 1. The number of halogens is 1. The minimum Gasteiger partial charge on any atom is -0.484 e. The number of thiazole rings is 1. The molecule has 120 valence electrons. The summed E-state index contributed by atoms with van der Waals surface area (Å²) in [4.78, 5) is 16.5. The lowest BCUT2D eigenvalue weighted by Gasteiger charge is -2.04. The molecule has 24 heavy (non-hydrogen) atoms. The maximum Gasteiger partial charge on any atom is 0.262 e. The summed E-state index contributed by atoms with van der Waals surface area (Å²) >= 11 is 2.72. The molecular formula is C17H11FN2O2S2. The number of amides is 1. The van der Waals surface area contributed by atoms with Crippen molar-refractivity contribution in [1.29, 1.82) is 0 Å². The number of para-hydroxylation sites is 1. The Balaban J connectivity index is 1.71. The summed E-state index contributed by atoms with van der Waals surface area (Å²) in [5, 5.41) is 1.33. The molecule has 0 saturated heterocycles. The number of fused-ring (bicyclic) bond motifs is 2. The van der Waals surface area contributed by atoms with Crippen LogP contribution in [-0.4, -0.2) is 10.9 Å². The number of nitrogens with zero attached hydrogens (tertiary/aromatic N) is 1. The fourth-order valence-corrected chi connectivity index (χ4v) is 4.33. The van der Waals surface area contributed by atoms with Crippen LogP contribution in [0.25, 0.3) is 20.3 Å². The highest BCUT2D eigenvalue weighted by molar-refractivity contribution is 7.21. The highest BCUT2D eigenvalue weighted by atomic mass is 32.1. The van der Waals surface area contributed by atoms with E-state index in [4.69, 9.17) is 10.5 Å². The van der Waals surface area contributed by atoms with Crippen LogP contribution < -0.4 is 10.5 Å². The molecule has 2 heterocycles. The van der Waals surface area contributed by atoms with E-state index in [9.17, 15) is 9.18 Å². The smallest absolute Gasteiger partial charge is 0.262 e. The number of nitrogens with two attached hydrogens (primary N) is 1. The lowest BCUT2D eigenvalue weighted by atomic mass is 10.2. The standard InChI is InChI=1S/C17H11FN2O2S2/c18-9-5-6-12-10(7-9)15(16(24-12)17(19)21)22-8-14-20-11-3-1-2-4-13(11)23-14/h1-7H,8H2,(H2,19,21). The number of hydrogen-bond donors (Lipinski definition) is 1. The van der Waals surface area contributed by atoms with Crippen molar-refractivity contribution in [3.8, 4) is 5.75 Å². The summed E-state index contributed by atoms with van der Waals surface area (Å²) in [6, 6.07) is 12.1. The van der Waals surface area contributed by atoms with Gasteiger partial charge in [0.1, 0.15) is 22.3 Å². The van der Waals surface area contributed by atoms with Crippen molar-refractivity contribution in [3.63, 3.8) is 0 Å². The maximum atomic E-state index is 13.6. The Morgan fingerprint density at radius 3 is 2.79 bits per heavy atom. The van der Waals surface area contributed by atoms with E-state index >= 15 is 0 Å². The van der Waals surface area contributed by atoms with E-state index in [0.29, 0.717) is 11.1 Å². The summed E-state index contributed by atoms with van der Waals surface area (Å²) in [5.41, 5.74) is 6.33. The zero-order chi connectivity index (χ0) is 16.7. The van der Waals surface area contributed by atoms with E-state index < -0.39 is 5.91 Å². The highest BCUT2D eigenvalue weighted by Crippen LogP contribution is 2.38. The van der Waals surface area contributed by atoms with Crippen molar-refractivity contribution in [1.82, 2.24) is 4.98 Å². The molecule has 0 spiro atoms. The molecule has 0 bridgehead atoms. The second kappa shape index (κ2) is 5.85. The fraction of sp³-hybridized carbons (Fsp3) is 0.0588. The molecular weight excluding hydrogens is 347 g/mol. The van der Waals surface area contributed by atoms with E-state index in [1.807, 2.05) is 24.3 Å². The molecule has 0 saturated carbocycles. The Morgan fingerprint density at radius 1 is 1.17 bits per heavy atom. The molecule has 0 unspecified atom stereocenters. The predicted octanol–water partition coefficient (Wildman–Crippen LogP) is 4.33. The summed E-state index contributed by atoms with van der Waals surface area (Å²) in [6.45, 7) is 0.196. The third kappa shape index (κ3) is 2.61. The predicted molar refractivity (Wildman–Crippen MR) is 94.3 cm³/mol. The molecule has 4 aromatic rings. The molecule has 2 aromatic heterocycles. The minimum atomic E-state index is -0.587. The van der Waals surface area contributed by atoms with Crippen LogP contribution >= 0.6 is 22.7 Å². The molecule has 4 nitrogen and oxygen atoms in total. The average molecular weight is 358 g/mol. The van der Waals surface area contributed by atoms with Crippen LogP contribution in [0.1, 0.15) is 14.7 Å². The highest BCUT2D eigenvalue weighted by Gasteiger charge is 2.19. The number of hydrogen-bond acceptors (Lipinski definition) is 5. The van der Waals surface area contributed by atoms with Gasteiger partial charge >= 0.3 is 0 Å². The van der Waals surface area contributed by atoms with E-state index in [1.54, 1.807) is 6.07 Å². The molecule has 0 aliphatic heterocycles. The summed E-state index contributed by atoms with van der Waals surface area (Å²) in [7, 11) is 0. The summed E-state index contributed by atoms with van der Waals surface area (Å²) in [6.07, 6.45) is 0. The molecule has 4 rings (SSSR count). The summed E-state index contributed by atoms with van der Waals surface area (Å²) in [5.74, 6) is -0.654. The van der Waals surface area contributed by atoms with Gasteiger partial charge in [0.05, 0.1) is 10.2 Å². The van der Waals surface area contributed by atoms with Gasteiger partial charge in [-0.25, -0.2) is 9.37 Å². The van der Waals surface area contributed by atoms with Crippen molar-refractivity contribution in [2.45, 2.75) is 6.61 Å². The maximum absolute atomic E-state index is 13.6. The Morgan fingerprint density at radius 2 is 2.00 bits per heavy atom. The van der Waals surface area contributed by atoms with Crippen molar-refractivity contribution in [2.75, 3.05) is 0 Å². The SMILES string of the molecule is NC(=O)c1sc2ccc(F)cc2c1OCc1nc2ccccc2s1. The van der Waals surface area contributed by atoms with Gasteiger partial charge in [-0.1, -0.05) is 12.1 Å². The number of aromatic nitrogens is 1. The number of benzene rings is 2. The topological polar surface area (TPSA) is 65.2 Å². The van der Waals surface area contributed by atoms with Crippen molar-refractivity contribution in [3.05, 3.63) is 58.2 Å². The van der Waals surface area contributed by atoms with Crippen LogP contribution in [0.15, 0.2) is 42.5 Å². The lowest BCUT2D eigenvalue weighted by molar-refractivity contribution is 0.100. The second-order valence-corrected chi connectivity index (χ2v) is 7.30. The zero-order valence-electron chi connectivity index (χ0n) is 12.3. The normalized spacial score (nSPS) is 11.2. The number of thiophene rings is 1. The van der Waals surface area contributed by atoms with Gasteiger partial charge in [-0.05, 0) is 30.3 Å².